The van der Waals surface area contributed by atoms with Gasteiger partial charge in [0.15, 0.2) is 5.78 Å². The Morgan fingerprint density at radius 3 is 2.53 bits per heavy atom. The topological polar surface area (TPSA) is 88.2 Å². The first-order chi connectivity index (χ1) is 16.4. The number of anilines is 2. The molecule has 2 heterocycles. The van der Waals surface area contributed by atoms with Crippen molar-refractivity contribution in [1.82, 2.24) is 5.32 Å². The summed E-state index contributed by atoms with van der Waals surface area (Å²) in [5, 5.41) is 3.22. The monoisotopic (exact) mass is 489 g/mol. The summed E-state index contributed by atoms with van der Waals surface area (Å²) in [5.41, 5.74) is 1.35. The van der Waals surface area contributed by atoms with Crippen LogP contribution in [0.3, 0.4) is 0 Å². The molecule has 2 aromatic carbocycles. The van der Waals surface area contributed by atoms with Crippen LogP contribution < -0.4 is 15.1 Å². The molecular formula is C24H25ClFN3O5. The molecule has 0 bridgehead atoms. The summed E-state index contributed by atoms with van der Waals surface area (Å²) in [4.78, 5) is 39.9. The minimum atomic E-state index is -0.601. The standard InChI is InChI=1S/C24H25ClFN3O5/c25-17-3-1-16(2-4-17)22(30)7-8-23(31)27-14-19-15-29(24(32)34-19)18-5-6-21(20(26)13-18)28-9-11-33-12-10-28/h1-6,13,19H,7-12,14-15H2,(H,27,31). The summed E-state index contributed by atoms with van der Waals surface area (Å²) in [6, 6.07) is 11.1. The van der Waals surface area contributed by atoms with E-state index in [0.29, 0.717) is 48.3 Å². The van der Waals surface area contributed by atoms with Gasteiger partial charge in [-0.3, -0.25) is 14.5 Å². The second-order valence-electron chi connectivity index (χ2n) is 8.09. The van der Waals surface area contributed by atoms with E-state index in [1.807, 2.05) is 4.90 Å². The number of rotatable bonds is 8. The fourth-order valence-corrected chi connectivity index (χ4v) is 4.01. The normalized spacial score (nSPS) is 18.1. The molecule has 0 radical (unpaired) electrons. The van der Waals surface area contributed by atoms with E-state index in [9.17, 15) is 18.8 Å². The molecule has 0 saturated carbocycles. The minimum absolute atomic E-state index is 0.0139. The number of cyclic esters (lactones) is 1. The van der Waals surface area contributed by atoms with Gasteiger partial charge in [0.05, 0.1) is 37.7 Å². The Balaban J connectivity index is 1.25. The maximum atomic E-state index is 14.7. The van der Waals surface area contributed by atoms with Crippen LogP contribution in [0.25, 0.3) is 0 Å². The van der Waals surface area contributed by atoms with Crippen molar-refractivity contribution in [1.29, 1.82) is 0 Å². The van der Waals surface area contributed by atoms with Crippen molar-refractivity contribution >= 4 is 40.8 Å². The quantitative estimate of drug-likeness (QED) is 0.572. The van der Waals surface area contributed by atoms with Crippen LogP contribution in [0.2, 0.25) is 5.02 Å². The fourth-order valence-electron chi connectivity index (χ4n) is 3.89. The molecular weight excluding hydrogens is 465 g/mol. The number of nitrogens with zero attached hydrogens (tertiary/aromatic N) is 2. The number of Topliss-reactive ketones (excluding diaryl/α,β-unsaturated/α-hetero) is 1. The van der Waals surface area contributed by atoms with Crippen molar-refractivity contribution in [3.05, 3.63) is 58.9 Å². The average molecular weight is 490 g/mol. The van der Waals surface area contributed by atoms with Crippen molar-refractivity contribution in [3.63, 3.8) is 0 Å². The lowest BCUT2D eigenvalue weighted by Gasteiger charge is -2.29. The van der Waals surface area contributed by atoms with Gasteiger partial charge in [-0.2, -0.15) is 0 Å². The minimum Gasteiger partial charge on any atom is -0.442 e. The van der Waals surface area contributed by atoms with Crippen LogP contribution in [-0.2, 0) is 14.3 Å². The molecule has 180 valence electrons. The number of morpholine rings is 1. The van der Waals surface area contributed by atoms with Gasteiger partial charge in [0.2, 0.25) is 5.91 Å². The van der Waals surface area contributed by atoms with E-state index in [1.54, 1.807) is 36.4 Å². The number of carbonyl (C=O) groups excluding carboxylic acids is 3. The van der Waals surface area contributed by atoms with Gasteiger partial charge in [-0.05, 0) is 42.5 Å². The molecule has 34 heavy (non-hydrogen) atoms. The first kappa shape index (κ1) is 24.0. The van der Waals surface area contributed by atoms with E-state index < -0.39 is 18.0 Å². The Morgan fingerprint density at radius 2 is 1.82 bits per heavy atom. The van der Waals surface area contributed by atoms with Crippen molar-refractivity contribution < 1.29 is 28.2 Å². The highest BCUT2D eigenvalue weighted by Gasteiger charge is 2.33. The maximum absolute atomic E-state index is 14.7. The zero-order valence-electron chi connectivity index (χ0n) is 18.5. The van der Waals surface area contributed by atoms with Crippen LogP contribution in [0.5, 0.6) is 0 Å². The third-order valence-electron chi connectivity index (χ3n) is 5.74. The van der Waals surface area contributed by atoms with Crippen molar-refractivity contribution in [2.24, 2.45) is 0 Å². The number of nitrogens with one attached hydrogen (secondary N) is 1. The van der Waals surface area contributed by atoms with E-state index in [4.69, 9.17) is 21.1 Å². The molecule has 2 amide bonds. The molecule has 1 unspecified atom stereocenters. The third kappa shape index (κ3) is 5.84. The van der Waals surface area contributed by atoms with E-state index in [0.717, 1.165) is 0 Å². The highest BCUT2D eigenvalue weighted by molar-refractivity contribution is 6.30. The maximum Gasteiger partial charge on any atom is 0.414 e. The van der Waals surface area contributed by atoms with Crippen LogP contribution in [0, 0.1) is 5.82 Å². The highest BCUT2D eigenvalue weighted by Crippen LogP contribution is 2.28. The number of amides is 2. The van der Waals surface area contributed by atoms with Crippen molar-refractivity contribution in [2.45, 2.75) is 18.9 Å². The van der Waals surface area contributed by atoms with E-state index in [1.165, 1.54) is 11.0 Å². The second kappa shape index (κ2) is 10.8. The van der Waals surface area contributed by atoms with Gasteiger partial charge >= 0.3 is 6.09 Å². The second-order valence-corrected chi connectivity index (χ2v) is 8.52. The third-order valence-corrected chi connectivity index (χ3v) is 5.99. The molecule has 4 rings (SSSR count). The fraction of sp³-hybridized carbons (Fsp3) is 0.375. The van der Waals surface area contributed by atoms with Crippen LogP contribution in [0.4, 0.5) is 20.6 Å². The molecule has 2 aliphatic heterocycles. The Morgan fingerprint density at radius 1 is 1.09 bits per heavy atom. The van der Waals surface area contributed by atoms with E-state index in [2.05, 4.69) is 5.32 Å². The van der Waals surface area contributed by atoms with Gasteiger partial charge in [-0.15, -0.1) is 0 Å². The number of hydrogen-bond donors (Lipinski definition) is 1. The first-order valence-corrected chi connectivity index (χ1v) is 11.4. The SMILES string of the molecule is O=C(CCC(=O)c1ccc(Cl)cc1)NCC1CN(c2ccc(N3CCOCC3)c(F)c2)C(=O)O1. The zero-order valence-corrected chi connectivity index (χ0v) is 19.2. The molecule has 10 heteroatoms. The molecule has 2 fully saturated rings. The summed E-state index contributed by atoms with van der Waals surface area (Å²) in [6.07, 6.45) is -1.11. The number of ether oxygens (including phenoxy) is 2. The van der Waals surface area contributed by atoms with Gasteiger partial charge in [0, 0.05) is 36.5 Å². The lowest BCUT2D eigenvalue weighted by atomic mass is 10.1. The molecule has 1 N–H and O–H groups in total. The summed E-state index contributed by atoms with van der Waals surface area (Å²) in [7, 11) is 0. The first-order valence-electron chi connectivity index (χ1n) is 11.1. The number of hydrogen-bond acceptors (Lipinski definition) is 6. The molecule has 0 aliphatic carbocycles. The molecule has 8 nitrogen and oxygen atoms in total. The Labute approximate surface area is 201 Å². The van der Waals surface area contributed by atoms with Gasteiger partial charge in [0.25, 0.3) is 0 Å². The Bertz CT molecular complexity index is 1060. The van der Waals surface area contributed by atoms with Gasteiger partial charge in [-0.25, -0.2) is 9.18 Å². The molecule has 2 aliphatic rings. The number of ketones is 1. The Hall–Kier alpha value is -3.17. The molecule has 0 spiro atoms. The summed E-state index contributed by atoms with van der Waals surface area (Å²) < 4.78 is 25.3. The molecule has 0 aromatic heterocycles. The lowest BCUT2D eigenvalue weighted by molar-refractivity contribution is -0.121. The van der Waals surface area contributed by atoms with Crippen LogP contribution in [-0.4, -0.2) is 63.3 Å². The number of halogens is 2. The van der Waals surface area contributed by atoms with Crippen molar-refractivity contribution in [3.8, 4) is 0 Å². The van der Waals surface area contributed by atoms with Crippen LogP contribution >= 0.6 is 11.6 Å². The number of carbonyl (C=O) groups is 3. The predicted octanol–water partition coefficient (Wildman–Crippen LogP) is 3.42. The van der Waals surface area contributed by atoms with Gasteiger partial charge < -0.3 is 19.7 Å². The zero-order chi connectivity index (χ0) is 24.1. The highest BCUT2D eigenvalue weighted by atomic mass is 35.5. The van der Waals surface area contributed by atoms with Crippen LogP contribution in [0.15, 0.2) is 42.5 Å². The molecule has 2 saturated heterocycles. The largest absolute Gasteiger partial charge is 0.442 e. The number of benzene rings is 2. The molecule has 2 aromatic rings. The van der Waals surface area contributed by atoms with Gasteiger partial charge in [-0.1, -0.05) is 11.6 Å². The average Bonchev–Trinajstić information content (AvgIpc) is 3.22. The molecule has 1 atom stereocenters. The van der Waals surface area contributed by atoms with Crippen LogP contribution in [0.1, 0.15) is 23.2 Å². The van der Waals surface area contributed by atoms with Crippen molar-refractivity contribution in [2.75, 3.05) is 49.2 Å². The smallest absolute Gasteiger partial charge is 0.414 e. The lowest BCUT2D eigenvalue weighted by Crippen LogP contribution is -2.37. The summed E-state index contributed by atoms with van der Waals surface area (Å²) in [6.45, 7) is 2.58. The van der Waals surface area contributed by atoms with E-state index >= 15 is 0 Å². The summed E-state index contributed by atoms with van der Waals surface area (Å²) >= 11 is 5.81. The van der Waals surface area contributed by atoms with E-state index in [-0.39, 0.29) is 37.6 Å². The Kier molecular flexibility index (Phi) is 7.64. The predicted molar refractivity (Wildman–Crippen MR) is 125 cm³/mol. The van der Waals surface area contributed by atoms with Gasteiger partial charge in [0.1, 0.15) is 11.9 Å². The summed E-state index contributed by atoms with van der Waals surface area (Å²) in [5.74, 6) is -0.903.